The number of likely N-dealkylation sites (tertiary alicyclic amines) is 1. The highest BCUT2D eigenvalue weighted by Crippen LogP contribution is 2.76. The van der Waals surface area contributed by atoms with Crippen molar-refractivity contribution in [2.45, 2.75) is 55.3 Å². The van der Waals surface area contributed by atoms with Crippen LogP contribution in [0.1, 0.15) is 36.8 Å². The number of methoxy groups -OCH3 is 2. The molecule has 1 saturated heterocycles. The van der Waals surface area contributed by atoms with Crippen LogP contribution >= 0.6 is 0 Å². The standard InChI is InChI=1S/C22H29NO4/c1-23-9-8-21-17-13-4-5-15(25-2)18(17)27-19(21)22(26-3)7-6-20(21,16(23)10-13)11-14(22)12-24/h4-5,14,16,19,24H,6-12H2,1-3H3/t14-,16+,19+,20+,21-,22+/m0/s1. The van der Waals surface area contributed by atoms with E-state index in [4.69, 9.17) is 14.2 Å². The Morgan fingerprint density at radius 1 is 1.26 bits per heavy atom. The van der Waals surface area contributed by atoms with Crippen molar-refractivity contribution >= 4 is 0 Å². The minimum absolute atomic E-state index is 0.0123. The van der Waals surface area contributed by atoms with Crippen molar-refractivity contribution in [1.82, 2.24) is 4.90 Å². The molecule has 5 heteroatoms. The first-order valence-electron chi connectivity index (χ1n) is 10.3. The molecule has 1 aromatic carbocycles. The van der Waals surface area contributed by atoms with Crippen molar-refractivity contribution < 1.29 is 19.3 Å². The number of fused-ring (bicyclic) bond motifs is 2. The summed E-state index contributed by atoms with van der Waals surface area (Å²) in [5.41, 5.74) is 2.57. The molecule has 146 valence electrons. The Morgan fingerprint density at radius 2 is 2.11 bits per heavy atom. The molecule has 0 aromatic heterocycles. The largest absolute Gasteiger partial charge is 0.493 e. The van der Waals surface area contributed by atoms with Crippen LogP contribution in [0.3, 0.4) is 0 Å². The first kappa shape index (κ1) is 16.6. The Hall–Kier alpha value is -1.30. The lowest BCUT2D eigenvalue weighted by atomic mass is 9.35. The second-order valence-corrected chi connectivity index (χ2v) is 9.45. The molecule has 2 heterocycles. The van der Waals surface area contributed by atoms with Gasteiger partial charge in [-0.1, -0.05) is 6.07 Å². The Bertz CT molecular complexity index is 827. The van der Waals surface area contributed by atoms with Crippen LogP contribution in [0.5, 0.6) is 11.5 Å². The maximum absolute atomic E-state index is 10.3. The zero-order valence-corrected chi connectivity index (χ0v) is 16.5. The summed E-state index contributed by atoms with van der Waals surface area (Å²) in [6.45, 7) is 1.26. The van der Waals surface area contributed by atoms with Gasteiger partial charge in [0.05, 0.1) is 7.11 Å². The predicted molar refractivity (Wildman–Crippen MR) is 100 cm³/mol. The summed E-state index contributed by atoms with van der Waals surface area (Å²) in [5, 5.41) is 10.3. The molecule has 6 atom stereocenters. The van der Waals surface area contributed by atoms with E-state index in [1.807, 2.05) is 7.11 Å². The number of aliphatic hydroxyl groups excluding tert-OH is 1. The molecule has 6 aliphatic rings. The van der Waals surface area contributed by atoms with Gasteiger partial charge >= 0.3 is 0 Å². The van der Waals surface area contributed by atoms with Gasteiger partial charge in [0, 0.05) is 42.1 Å². The van der Waals surface area contributed by atoms with Crippen molar-refractivity contribution in [3.05, 3.63) is 23.3 Å². The molecule has 0 radical (unpaired) electrons. The molecule has 4 aliphatic carbocycles. The number of nitrogens with zero attached hydrogens (tertiary/aromatic N) is 1. The van der Waals surface area contributed by atoms with Gasteiger partial charge in [-0.3, -0.25) is 0 Å². The highest BCUT2D eigenvalue weighted by atomic mass is 16.6. The molecule has 0 unspecified atom stereocenters. The first-order valence-corrected chi connectivity index (χ1v) is 10.3. The fourth-order valence-electron chi connectivity index (χ4n) is 8.19. The molecule has 1 N–H and O–H groups in total. The minimum Gasteiger partial charge on any atom is -0.493 e. The maximum atomic E-state index is 10.3. The molecule has 4 bridgehead atoms. The Labute approximate surface area is 160 Å². The zero-order valence-electron chi connectivity index (χ0n) is 16.5. The number of aliphatic hydroxyl groups is 1. The zero-order chi connectivity index (χ0) is 18.6. The summed E-state index contributed by atoms with van der Waals surface area (Å²) < 4.78 is 18.8. The average molecular weight is 371 g/mol. The number of rotatable bonds is 3. The molecular formula is C22H29NO4. The second-order valence-electron chi connectivity index (χ2n) is 9.45. The van der Waals surface area contributed by atoms with E-state index in [0.29, 0.717) is 6.04 Å². The van der Waals surface area contributed by atoms with E-state index in [2.05, 4.69) is 24.1 Å². The summed E-state index contributed by atoms with van der Waals surface area (Å²) >= 11 is 0. The molecular weight excluding hydrogens is 342 g/mol. The number of benzene rings is 1. The number of hydrogen-bond donors (Lipinski definition) is 1. The molecule has 2 aliphatic heterocycles. The van der Waals surface area contributed by atoms with E-state index in [0.717, 1.165) is 50.1 Å². The van der Waals surface area contributed by atoms with Crippen LogP contribution in [0.2, 0.25) is 0 Å². The number of ether oxygens (including phenoxy) is 3. The van der Waals surface area contributed by atoms with E-state index in [1.165, 1.54) is 11.1 Å². The molecule has 7 rings (SSSR count). The monoisotopic (exact) mass is 371 g/mol. The lowest BCUT2D eigenvalue weighted by Crippen LogP contribution is -2.81. The van der Waals surface area contributed by atoms with Gasteiger partial charge in [-0.15, -0.1) is 0 Å². The summed E-state index contributed by atoms with van der Waals surface area (Å²) in [7, 11) is 5.83. The highest BCUT2D eigenvalue weighted by Gasteiger charge is 2.80. The number of hydrogen-bond acceptors (Lipinski definition) is 5. The van der Waals surface area contributed by atoms with E-state index >= 15 is 0 Å². The summed E-state index contributed by atoms with van der Waals surface area (Å²) in [4.78, 5) is 2.58. The third kappa shape index (κ3) is 1.51. The van der Waals surface area contributed by atoms with E-state index in [9.17, 15) is 5.11 Å². The fourth-order valence-corrected chi connectivity index (χ4v) is 8.19. The third-order valence-electron chi connectivity index (χ3n) is 9.20. The smallest absolute Gasteiger partial charge is 0.165 e. The number of likely N-dealkylation sites (N-methyl/N-ethyl adjacent to an activating group) is 1. The van der Waals surface area contributed by atoms with Crippen molar-refractivity contribution in [1.29, 1.82) is 0 Å². The third-order valence-corrected chi connectivity index (χ3v) is 9.20. The summed E-state index contributed by atoms with van der Waals surface area (Å²) in [6.07, 6.45) is 5.29. The molecule has 27 heavy (non-hydrogen) atoms. The highest BCUT2D eigenvalue weighted by molar-refractivity contribution is 5.63. The minimum atomic E-state index is -0.407. The van der Waals surface area contributed by atoms with Crippen LogP contribution in [-0.4, -0.2) is 62.2 Å². The van der Waals surface area contributed by atoms with Crippen molar-refractivity contribution in [2.24, 2.45) is 11.3 Å². The normalized spacial score (nSPS) is 46.1. The van der Waals surface area contributed by atoms with Gasteiger partial charge < -0.3 is 24.2 Å². The molecule has 3 saturated carbocycles. The maximum Gasteiger partial charge on any atom is 0.165 e. The van der Waals surface area contributed by atoms with Gasteiger partial charge in [0.2, 0.25) is 0 Å². The summed E-state index contributed by atoms with van der Waals surface area (Å²) in [6, 6.07) is 4.84. The van der Waals surface area contributed by atoms with Crippen molar-refractivity contribution in [2.75, 3.05) is 34.4 Å². The van der Waals surface area contributed by atoms with Gasteiger partial charge in [0.1, 0.15) is 11.7 Å². The summed E-state index contributed by atoms with van der Waals surface area (Å²) in [5.74, 6) is 1.93. The molecule has 4 fully saturated rings. The van der Waals surface area contributed by atoms with Crippen molar-refractivity contribution in [3.8, 4) is 11.5 Å². The van der Waals surface area contributed by atoms with Crippen LogP contribution in [-0.2, 0) is 16.6 Å². The lowest BCUT2D eigenvalue weighted by Gasteiger charge is -2.73. The van der Waals surface area contributed by atoms with Crippen LogP contribution in [0.4, 0.5) is 0 Å². The Balaban J connectivity index is 1.69. The first-order chi connectivity index (χ1) is 13.1. The van der Waals surface area contributed by atoms with E-state index in [-0.39, 0.29) is 29.5 Å². The van der Waals surface area contributed by atoms with Gasteiger partial charge in [0.15, 0.2) is 11.5 Å². The van der Waals surface area contributed by atoms with Gasteiger partial charge in [-0.2, -0.15) is 0 Å². The van der Waals surface area contributed by atoms with E-state index < -0.39 is 5.60 Å². The Morgan fingerprint density at radius 3 is 2.85 bits per heavy atom. The molecule has 2 spiro atoms. The quantitative estimate of drug-likeness (QED) is 0.882. The average Bonchev–Trinajstić information content (AvgIpc) is 3.07. The van der Waals surface area contributed by atoms with Gasteiger partial charge in [0.25, 0.3) is 0 Å². The topological polar surface area (TPSA) is 51.2 Å². The number of piperidine rings is 1. The van der Waals surface area contributed by atoms with Crippen LogP contribution in [0.15, 0.2) is 12.1 Å². The van der Waals surface area contributed by atoms with Crippen LogP contribution in [0.25, 0.3) is 0 Å². The van der Waals surface area contributed by atoms with Gasteiger partial charge in [-0.05, 0) is 57.3 Å². The SMILES string of the molecule is COc1ccc2c3c1O[C@H]1[C@@]4(OC)CC[C@@]5(C[C@H]4CO)[C@@H](C2)N(C)CC[C@]315. The van der Waals surface area contributed by atoms with Crippen LogP contribution < -0.4 is 9.47 Å². The molecule has 5 nitrogen and oxygen atoms in total. The van der Waals surface area contributed by atoms with Crippen molar-refractivity contribution in [3.63, 3.8) is 0 Å². The molecule has 0 amide bonds. The second kappa shape index (κ2) is 5.00. The Kier molecular flexibility index (Phi) is 3.08. The predicted octanol–water partition coefficient (Wildman–Crippen LogP) is 2.13. The fraction of sp³-hybridized carbons (Fsp3) is 0.727. The van der Waals surface area contributed by atoms with E-state index in [1.54, 1.807) is 7.11 Å². The molecule has 1 aromatic rings. The lowest BCUT2D eigenvalue weighted by molar-refractivity contribution is -0.279. The van der Waals surface area contributed by atoms with Crippen LogP contribution in [0, 0.1) is 11.3 Å². The van der Waals surface area contributed by atoms with Gasteiger partial charge in [-0.25, -0.2) is 0 Å².